The summed E-state index contributed by atoms with van der Waals surface area (Å²) < 4.78 is 15.8. The minimum atomic E-state index is -0.592. The summed E-state index contributed by atoms with van der Waals surface area (Å²) >= 11 is 2.01. The first-order chi connectivity index (χ1) is 12.3. The molecular formula is C17H16FIN4O2S. The monoisotopic (exact) mass is 486 g/mol. The molecule has 0 unspecified atom stereocenters. The maximum absolute atomic E-state index is 14.2. The van der Waals surface area contributed by atoms with Gasteiger partial charge in [-0.15, -0.1) is 0 Å². The maximum Gasteiger partial charge on any atom is 0.221 e. The summed E-state index contributed by atoms with van der Waals surface area (Å²) in [6.45, 7) is 1.74. The molecular weight excluding hydrogens is 470 g/mol. The van der Waals surface area contributed by atoms with E-state index >= 15 is 0 Å². The number of aromatic nitrogens is 1. The van der Waals surface area contributed by atoms with E-state index in [1.807, 2.05) is 46.3 Å². The Morgan fingerprint density at radius 2 is 2.12 bits per heavy atom. The molecule has 0 aliphatic rings. The van der Waals surface area contributed by atoms with E-state index in [0.717, 1.165) is 0 Å². The van der Waals surface area contributed by atoms with E-state index < -0.39 is 17.5 Å². The predicted octanol–water partition coefficient (Wildman–Crippen LogP) is 3.78. The van der Waals surface area contributed by atoms with Crippen molar-refractivity contribution in [1.82, 2.24) is 8.87 Å². The molecule has 26 heavy (non-hydrogen) atoms. The summed E-state index contributed by atoms with van der Waals surface area (Å²) in [5.41, 5.74) is 0.904. The number of carbonyl (C=O) groups is 2. The van der Waals surface area contributed by atoms with Gasteiger partial charge in [-0.25, -0.2) is 4.39 Å². The number of halogens is 2. The minimum absolute atomic E-state index is 0.0239. The molecule has 2 aromatic rings. The molecule has 0 aliphatic carbocycles. The second kappa shape index (κ2) is 8.66. The van der Waals surface area contributed by atoms with Crippen LogP contribution in [0.4, 0.5) is 10.1 Å². The highest BCUT2D eigenvalue weighted by Crippen LogP contribution is 2.33. The molecule has 6 nitrogen and oxygen atoms in total. The van der Waals surface area contributed by atoms with Crippen molar-refractivity contribution >= 4 is 58.6 Å². The van der Waals surface area contributed by atoms with Gasteiger partial charge in [0.2, 0.25) is 11.7 Å². The van der Waals surface area contributed by atoms with E-state index in [1.54, 1.807) is 16.1 Å². The number of rotatable bonds is 6. The van der Waals surface area contributed by atoms with Gasteiger partial charge in [0.05, 0.1) is 16.8 Å². The molecule has 2 rings (SSSR count). The summed E-state index contributed by atoms with van der Waals surface area (Å²) in [6.07, 6.45) is 1.56. The fraction of sp³-hybridized carbons (Fsp3) is 0.235. The van der Waals surface area contributed by atoms with Gasteiger partial charge in [0, 0.05) is 49.2 Å². The number of anilines is 1. The molecule has 9 heteroatoms. The number of benzene rings is 1. The van der Waals surface area contributed by atoms with Gasteiger partial charge < -0.3 is 10.2 Å². The lowest BCUT2D eigenvalue weighted by Gasteiger charge is -2.08. The van der Waals surface area contributed by atoms with Crippen molar-refractivity contribution in [2.24, 2.45) is 0 Å². The fourth-order valence-electron chi connectivity index (χ4n) is 2.32. The first-order valence-electron chi connectivity index (χ1n) is 7.49. The molecule has 0 radical (unpaired) electrons. The molecule has 0 saturated heterocycles. The number of fused-ring (bicyclic) bond motifs is 1. The molecule has 1 N–H and O–H groups in total. The van der Waals surface area contributed by atoms with Gasteiger partial charge >= 0.3 is 0 Å². The molecule has 136 valence electrons. The van der Waals surface area contributed by atoms with Crippen LogP contribution in [0.3, 0.4) is 0 Å². The number of carbonyl (C=O) groups excluding carboxylic acids is 2. The van der Waals surface area contributed by atoms with Crippen molar-refractivity contribution in [3.8, 4) is 6.07 Å². The number of hydrogen-bond acceptors (Lipinski definition) is 5. The van der Waals surface area contributed by atoms with E-state index in [9.17, 15) is 19.2 Å². The molecule has 0 bridgehead atoms. The molecule has 0 spiro atoms. The third kappa shape index (κ3) is 4.44. The molecule has 1 heterocycles. The highest BCUT2D eigenvalue weighted by molar-refractivity contribution is 14.2. The second-order valence-corrected chi connectivity index (χ2v) is 7.47. The van der Waals surface area contributed by atoms with Gasteiger partial charge in [0.1, 0.15) is 17.6 Å². The number of amides is 1. The van der Waals surface area contributed by atoms with E-state index in [2.05, 4.69) is 5.32 Å². The van der Waals surface area contributed by atoms with Gasteiger partial charge in [0.15, 0.2) is 0 Å². The smallest absolute Gasteiger partial charge is 0.221 e. The molecule has 0 saturated carbocycles. The highest BCUT2D eigenvalue weighted by atomic mass is 127. The minimum Gasteiger partial charge on any atom is -0.324 e. The van der Waals surface area contributed by atoms with Crippen molar-refractivity contribution in [3.63, 3.8) is 0 Å². The highest BCUT2D eigenvalue weighted by Gasteiger charge is 2.21. The van der Waals surface area contributed by atoms with Crippen LogP contribution in [-0.2, 0) is 4.79 Å². The summed E-state index contributed by atoms with van der Waals surface area (Å²) in [7, 11) is 4.90. The Hall–Kier alpha value is -1.90. The molecule has 1 aromatic carbocycles. The first kappa shape index (κ1) is 20.4. The van der Waals surface area contributed by atoms with Crippen molar-refractivity contribution < 1.29 is 14.0 Å². The van der Waals surface area contributed by atoms with E-state index in [1.165, 1.54) is 28.2 Å². The van der Waals surface area contributed by atoms with Crippen LogP contribution in [0.1, 0.15) is 17.4 Å². The van der Waals surface area contributed by atoms with Crippen LogP contribution in [0.15, 0.2) is 29.8 Å². The number of likely N-dealkylation sites (N-methyl/N-ethyl adjacent to an activating group) is 1. The van der Waals surface area contributed by atoms with Crippen LogP contribution >= 0.6 is 30.3 Å². The SMILES string of the molecule is CC(=O)Nc1cc2c(cc1F)cc(C(=O)C(C#N)=CCN(C)C)n2SI. The number of allylic oxidation sites excluding steroid dienone is 1. The molecule has 0 fully saturated rings. The van der Waals surface area contributed by atoms with Crippen LogP contribution in [-0.4, -0.2) is 41.2 Å². The second-order valence-electron chi connectivity index (χ2n) is 5.79. The van der Waals surface area contributed by atoms with Crippen LogP contribution in [0.25, 0.3) is 10.9 Å². The first-order valence-corrected chi connectivity index (χ1v) is 10.8. The van der Waals surface area contributed by atoms with Gasteiger partial charge in [-0.05, 0) is 38.4 Å². The molecule has 0 atom stereocenters. The lowest BCUT2D eigenvalue weighted by Crippen LogP contribution is -2.13. The predicted molar refractivity (Wildman–Crippen MR) is 110 cm³/mol. The summed E-state index contributed by atoms with van der Waals surface area (Å²) in [5, 5.41) is 12.3. The van der Waals surface area contributed by atoms with Gasteiger partial charge in [-0.2, -0.15) is 5.26 Å². The average Bonchev–Trinajstić information content (AvgIpc) is 2.92. The Morgan fingerprint density at radius 3 is 2.65 bits per heavy atom. The summed E-state index contributed by atoms with van der Waals surface area (Å²) in [4.78, 5) is 25.8. The van der Waals surface area contributed by atoms with Crippen LogP contribution in [0.2, 0.25) is 0 Å². The van der Waals surface area contributed by atoms with E-state index in [4.69, 9.17) is 0 Å². The largest absolute Gasteiger partial charge is 0.324 e. The van der Waals surface area contributed by atoms with Gasteiger partial charge in [-0.1, -0.05) is 0 Å². The topological polar surface area (TPSA) is 78.1 Å². The molecule has 1 aromatic heterocycles. The van der Waals surface area contributed by atoms with Crippen molar-refractivity contribution in [2.75, 3.05) is 26.0 Å². The standard InChI is InChI=1S/C17H16FIN4O2S/c1-10(24)21-14-8-15-12(6-13(14)18)7-16(23(15)26-19)17(25)11(9-20)4-5-22(2)3/h4,6-8H,5H2,1-3H3,(H,21,24). The number of nitrogens with one attached hydrogen (secondary N) is 1. The van der Waals surface area contributed by atoms with Crippen molar-refractivity contribution in [2.45, 2.75) is 6.92 Å². The summed E-state index contributed by atoms with van der Waals surface area (Å²) in [5.74, 6) is -1.42. The van der Waals surface area contributed by atoms with E-state index in [0.29, 0.717) is 17.4 Å². The van der Waals surface area contributed by atoms with Crippen molar-refractivity contribution in [3.05, 3.63) is 41.4 Å². The zero-order valence-electron chi connectivity index (χ0n) is 14.3. The fourth-order valence-corrected chi connectivity index (χ4v) is 4.04. The average molecular weight is 486 g/mol. The lowest BCUT2D eigenvalue weighted by molar-refractivity contribution is -0.114. The van der Waals surface area contributed by atoms with Crippen LogP contribution < -0.4 is 5.32 Å². The van der Waals surface area contributed by atoms with Crippen LogP contribution in [0, 0.1) is 17.1 Å². The van der Waals surface area contributed by atoms with E-state index in [-0.39, 0.29) is 17.0 Å². The Bertz CT molecular complexity index is 946. The maximum atomic E-state index is 14.2. The number of ketones is 1. The van der Waals surface area contributed by atoms with Gasteiger partial charge in [-0.3, -0.25) is 13.6 Å². The third-order valence-corrected chi connectivity index (χ3v) is 5.20. The number of nitriles is 1. The molecule has 0 aliphatic heterocycles. The third-order valence-electron chi connectivity index (χ3n) is 3.48. The Balaban J connectivity index is 2.57. The van der Waals surface area contributed by atoms with Crippen molar-refractivity contribution in [1.29, 1.82) is 5.26 Å². The number of Topliss-reactive ketones (excluding diaryl/α,β-unsaturated/α-hetero) is 1. The quantitative estimate of drug-likeness (QED) is 0.291. The van der Waals surface area contributed by atoms with Crippen LogP contribution in [0.5, 0.6) is 0 Å². The molecule has 1 amide bonds. The number of hydrogen-bond donors (Lipinski definition) is 1. The summed E-state index contributed by atoms with van der Waals surface area (Å²) in [6, 6.07) is 6.21. The van der Waals surface area contributed by atoms with Gasteiger partial charge in [0.25, 0.3) is 0 Å². The Labute approximate surface area is 166 Å². The normalized spacial score (nSPS) is 11.7. The Morgan fingerprint density at radius 1 is 1.42 bits per heavy atom. The zero-order valence-corrected chi connectivity index (χ0v) is 17.3. The lowest BCUT2D eigenvalue weighted by atomic mass is 10.1. The zero-order chi connectivity index (χ0) is 19.4. The Kier molecular flexibility index (Phi) is 6.80. The number of nitrogens with zero attached hydrogens (tertiary/aromatic N) is 3.